The van der Waals surface area contributed by atoms with Crippen LogP contribution in [0.4, 0.5) is 5.69 Å². The Balaban J connectivity index is 1.99. The molecule has 1 aromatic carbocycles. The Morgan fingerprint density at radius 3 is 2.52 bits per heavy atom. The fourth-order valence-corrected chi connectivity index (χ4v) is 3.16. The molecule has 2 N–H and O–H groups in total. The van der Waals surface area contributed by atoms with Crippen molar-refractivity contribution in [1.29, 1.82) is 0 Å². The summed E-state index contributed by atoms with van der Waals surface area (Å²) < 4.78 is 0.808. The lowest BCUT2D eigenvalue weighted by Crippen LogP contribution is -2.52. The highest BCUT2D eigenvalue weighted by Crippen LogP contribution is 2.31. The minimum absolute atomic E-state index is 0.0983. The van der Waals surface area contributed by atoms with Gasteiger partial charge in [0.25, 0.3) is 0 Å². The number of amides is 3. The monoisotopic (exact) mass is 409 g/mol. The van der Waals surface area contributed by atoms with E-state index in [4.69, 9.17) is 0 Å². The topological polar surface area (TPSA) is 78.5 Å². The fraction of sp³-hybridized carbons (Fsp3) is 0.500. The molecule has 0 bridgehead atoms. The molecule has 1 aliphatic heterocycles. The van der Waals surface area contributed by atoms with Gasteiger partial charge in [0.2, 0.25) is 17.7 Å². The van der Waals surface area contributed by atoms with Crippen LogP contribution in [0.2, 0.25) is 0 Å². The van der Waals surface area contributed by atoms with E-state index < -0.39 is 12.0 Å². The van der Waals surface area contributed by atoms with Gasteiger partial charge in [-0.05, 0) is 55.8 Å². The minimum Gasteiger partial charge on any atom is -0.350 e. The van der Waals surface area contributed by atoms with Crippen LogP contribution >= 0.6 is 15.9 Å². The van der Waals surface area contributed by atoms with Gasteiger partial charge in [0.05, 0.1) is 11.6 Å². The van der Waals surface area contributed by atoms with E-state index in [1.165, 1.54) is 0 Å². The van der Waals surface area contributed by atoms with Gasteiger partial charge in [-0.25, -0.2) is 0 Å². The van der Waals surface area contributed by atoms with Gasteiger partial charge < -0.3 is 15.5 Å². The number of para-hydroxylation sites is 1. The van der Waals surface area contributed by atoms with Gasteiger partial charge in [0, 0.05) is 23.0 Å². The van der Waals surface area contributed by atoms with Crippen molar-refractivity contribution in [2.24, 2.45) is 5.92 Å². The summed E-state index contributed by atoms with van der Waals surface area (Å²) in [5.74, 6) is -1.09. The van der Waals surface area contributed by atoms with Gasteiger partial charge in [-0.1, -0.05) is 12.1 Å². The molecule has 1 heterocycles. The lowest BCUT2D eigenvalue weighted by Gasteiger charge is -2.24. The van der Waals surface area contributed by atoms with Crippen LogP contribution < -0.4 is 15.5 Å². The Hall–Kier alpha value is -1.89. The summed E-state index contributed by atoms with van der Waals surface area (Å²) in [7, 11) is 0. The number of hydrogen-bond acceptors (Lipinski definition) is 3. The molecule has 0 aromatic heterocycles. The molecule has 1 fully saturated rings. The zero-order valence-electron chi connectivity index (χ0n) is 14.9. The predicted molar refractivity (Wildman–Crippen MR) is 100 cm³/mol. The van der Waals surface area contributed by atoms with E-state index in [2.05, 4.69) is 26.6 Å². The van der Waals surface area contributed by atoms with E-state index in [-0.39, 0.29) is 29.7 Å². The second-order valence-corrected chi connectivity index (χ2v) is 8.18. The smallest absolute Gasteiger partial charge is 0.242 e. The van der Waals surface area contributed by atoms with Crippen molar-refractivity contribution >= 4 is 39.3 Å². The normalized spacial score (nSPS) is 18.8. The first kappa shape index (κ1) is 19.4. The maximum atomic E-state index is 12.5. The molecular weight excluding hydrogens is 386 g/mol. The van der Waals surface area contributed by atoms with Crippen molar-refractivity contribution in [3.8, 4) is 0 Å². The van der Waals surface area contributed by atoms with Crippen molar-refractivity contribution in [2.75, 3.05) is 11.4 Å². The molecule has 25 heavy (non-hydrogen) atoms. The molecule has 1 aliphatic rings. The third-order valence-corrected chi connectivity index (χ3v) is 4.56. The quantitative estimate of drug-likeness (QED) is 0.799. The van der Waals surface area contributed by atoms with Gasteiger partial charge in [-0.15, -0.1) is 0 Å². The molecule has 2 atom stereocenters. The second-order valence-electron chi connectivity index (χ2n) is 7.33. The Labute approximate surface area is 156 Å². The minimum atomic E-state index is -0.653. The molecule has 1 aromatic rings. The Morgan fingerprint density at radius 1 is 1.28 bits per heavy atom. The van der Waals surface area contributed by atoms with E-state index in [1.54, 1.807) is 11.8 Å². The van der Waals surface area contributed by atoms with Crippen molar-refractivity contribution in [2.45, 2.75) is 45.7 Å². The zero-order valence-corrected chi connectivity index (χ0v) is 16.5. The molecule has 0 saturated carbocycles. The lowest BCUT2D eigenvalue weighted by molar-refractivity contribution is -0.131. The van der Waals surface area contributed by atoms with E-state index in [9.17, 15) is 14.4 Å². The number of carbonyl (C=O) groups is 3. The van der Waals surface area contributed by atoms with Gasteiger partial charge in [0.1, 0.15) is 6.04 Å². The van der Waals surface area contributed by atoms with Gasteiger partial charge in [-0.2, -0.15) is 0 Å². The van der Waals surface area contributed by atoms with Crippen LogP contribution in [0.3, 0.4) is 0 Å². The molecule has 2 rings (SSSR count). The number of carbonyl (C=O) groups excluding carboxylic acids is 3. The fourth-order valence-electron chi connectivity index (χ4n) is 2.66. The van der Waals surface area contributed by atoms with Crippen LogP contribution in [0.1, 0.15) is 34.1 Å². The molecule has 0 spiro atoms. The van der Waals surface area contributed by atoms with Crippen molar-refractivity contribution < 1.29 is 14.4 Å². The maximum absolute atomic E-state index is 12.5. The average molecular weight is 410 g/mol. The first-order valence-corrected chi connectivity index (χ1v) is 9.05. The summed E-state index contributed by atoms with van der Waals surface area (Å²) in [6, 6.07) is 6.75. The SMILES string of the molecule is CC(NC(=O)C1CC(=O)N(c2ccccc2Br)C1)C(=O)NC(C)(C)C. The Morgan fingerprint density at radius 2 is 1.92 bits per heavy atom. The Kier molecular flexibility index (Phi) is 5.87. The molecule has 1 saturated heterocycles. The zero-order chi connectivity index (χ0) is 18.8. The number of nitrogens with zero attached hydrogens (tertiary/aromatic N) is 1. The standard InChI is InChI=1S/C18H24BrN3O3/c1-11(16(24)21-18(2,3)4)20-17(25)12-9-15(23)22(10-12)14-8-6-5-7-13(14)19/h5-8,11-12H,9-10H2,1-4H3,(H,20,25)(H,21,24). The summed E-state index contributed by atoms with van der Waals surface area (Å²) >= 11 is 3.43. The van der Waals surface area contributed by atoms with Gasteiger partial charge >= 0.3 is 0 Å². The molecule has 136 valence electrons. The molecule has 6 nitrogen and oxygen atoms in total. The van der Waals surface area contributed by atoms with Crippen LogP contribution in [0, 0.1) is 5.92 Å². The highest BCUT2D eigenvalue weighted by Gasteiger charge is 2.36. The Bertz CT molecular complexity index is 684. The third-order valence-electron chi connectivity index (χ3n) is 3.89. The van der Waals surface area contributed by atoms with Crippen LogP contribution in [0.15, 0.2) is 28.7 Å². The third kappa shape index (κ3) is 5.04. The van der Waals surface area contributed by atoms with Gasteiger partial charge in [-0.3, -0.25) is 14.4 Å². The van der Waals surface area contributed by atoms with Crippen LogP contribution in [-0.4, -0.2) is 35.8 Å². The average Bonchev–Trinajstić information content (AvgIpc) is 2.88. The number of hydrogen-bond donors (Lipinski definition) is 2. The molecule has 0 aliphatic carbocycles. The van der Waals surface area contributed by atoms with Crippen molar-refractivity contribution in [3.63, 3.8) is 0 Å². The van der Waals surface area contributed by atoms with Crippen molar-refractivity contribution in [1.82, 2.24) is 10.6 Å². The highest BCUT2D eigenvalue weighted by molar-refractivity contribution is 9.10. The number of rotatable bonds is 4. The molecule has 7 heteroatoms. The molecule has 3 amide bonds. The van der Waals surface area contributed by atoms with E-state index in [0.29, 0.717) is 6.54 Å². The summed E-state index contributed by atoms with van der Waals surface area (Å²) in [6.07, 6.45) is 0.140. The summed E-state index contributed by atoms with van der Waals surface area (Å²) in [4.78, 5) is 38.4. The van der Waals surface area contributed by atoms with E-state index >= 15 is 0 Å². The first-order chi connectivity index (χ1) is 11.6. The van der Waals surface area contributed by atoms with Crippen molar-refractivity contribution in [3.05, 3.63) is 28.7 Å². The van der Waals surface area contributed by atoms with E-state index in [1.807, 2.05) is 45.0 Å². The number of halogens is 1. The number of nitrogens with one attached hydrogen (secondary N) is 2. The highest BCUT2D eigenvalue weighted by atomic mass is 79.9. The van der Waals surface area contributed by atoms with E-state index in [0.717, 1.165) is 10.2 Å². The molecular formula is C18H24BrN3O3. The molecule has 2 unspecified atom stereocenters. The summed E-state index contributed by atoms with van der Waals surface area (Å²) in [5, 5.41) is 5.54. The van der Waals surface area contributed by atoms with Crippen LogP contribution in [0.5, 0.6) is 0 Å². The summed E-state index contributed by atoms with van der Waals surface area (Å²) in [6.45, 7) is 7.59. The summed E-state index contributed by atoms with van der Waals surface area (Å²) in [5.41, 5.74) is 0.386. The first-order valence-electron chi connectivity index (χ1n) is 8.26. The van der Waals surface area contributed by atoms with Crippen LogP contribution in [-0.2, 0) is 14.4 Å². The largest absolute Gasteiger partial charge is 0.350 e. The number of benzene rings is 1. The predicted octanol–water partition coefficient (Wildman–Crippen LogP) is 2.22. The second kappa shape index (κ2) is 7.56. The lowest BCUT2D eigenvalue weighted by atomic mass is 10.1. The van der Waals surface area contributed by atoms with Gasteiger partial charge in [0.15, 0.2) is 0 Å². The number of anilines is 1. The maximum Gasteiger partial charge on any atom is 0.242 e. The van der Waals surface area contributed by atoms with Crippen LogP contribution in [0.25, 0.3) is 0 Å². The molecule has 0 radical (unpaired) electrons.